The highest BCUT2D eigenvalue weighted by Gasteiger charge is 2.06. The highest BCUT2D eigenvalue weighted by molar-refractivity contribution is 6.44. The van der Waals surface area contributed by atoms with Crippen molar-refractivity contribution < 1.29 is 13.6 Å². The van der Waals surface area contributed by atoms with Gasteiger partial charge in [0.05, 0.1) is 0 Å². The first-order valence-electron chi connectivity index (χ1n) is 4.36. The van der Waals surface area contributed by atoms with Gasteiger partial charge in [-0.2, -0.15) is 0 Å². The van der Waals surface area contributed by atoms with E-state index in [0.717, 1.165) is 12.1 Å². The highest BCUT2D eigenvalue weighted by Crippen LogP contribution is 2.04. The summed E-state index contributed by atoms with van der Waals surface area (Å²) in [5.74, 6) is 0. The van der Waals surface area contributed by atoms with Gasteiger partial charge in [-0.1, -0.05) is 26.2 Å². The van der Waals surface area contributed by atoms with E-state index in [2.05, 4.69) is 6.92 Å². The van der Waals surface area contributed by atoms with Gasteiger partial charge in [-0.3, -0.25) is 0 Å². The topological polar surface area (TPSA) is 59.4 Å². The standard InChI is InChI=1S/C7H18O2Si.CHNO/c1-4-5-6-7-10(8-2)9-3;2-1-3/h10H,4-7H2,1-3H3;2H. The lowest BCUT2D eigenvalue weighted by Gasteiger charge is -2.09. The van der Waals surface area contributed by atoms with Gasteiger partial charge in [-0.15, -0.1) is 0 Å². The minimum atomic E-state index is -1.22. The van der Waals surface area contributed by atoms with E-state index in [1.165, 1.54) is 19.3 Å². The molecule has 5 heteroatoms. The van der Waals surface area contributed by atoms with Gasteiger partial charge in [-0.05, 0) is 6.04 Å². The van der Waals surface area contributed by atoms with Gasteiger partial charge < -0.3 is 8.85 Å². The maximum absolute atomic E-state index is 8.35. The van der Waals surface area contributed by atoms with Gasteiger partial charge in [-0.25, -0.2) is 10.2 Å². The summed E-state index contributed by atoms with van der Waals surface area (Å²) in [6, 6.07) is 1.15. The van der Waals surface area contributed by atoms with Crippen LogP contribution < -0.4 is 0 Å². The van der Waals surface area contributed by atoms with Crippen LogP contribution in [0.4, 0.5) is 0 Å². The molecular weight excluding hydrogens is 186 g/mol. The maximum atomic E-state index is 8.35. The summed E-state index contributed by atoms with van der Waals surface area (Å²) in [6.07, 6.45) is 4.58. The fourth-order valence-electron chi connectivity index (χ4n) is 0.893. The van der Waals surface area contributed by atoms with Crippen LogP contribution in [0.1, 0.15) is 26.2 Å². The molecule has 0 aromatic rings. The number of carbonyl (C=O) groups excluding carboxylic acids is 1. The number of nitrogens with one attached hydrogen (secondary N) is 1. The van der Waals surface area contributed by atoms with Crippen molar-refractivity contribution in [2.45, 2.75) is 32.2 Å². The van der Waals surface area contributed by atoms with E-state index < -0.39 is 9.28 Å². The molecule has 0 fully saturated rings. The zero-order valence-electron chi connectivity index (χ0n) is 8.63. The smallest absolute Gasteiger partial charge is 0.320 e. The third kappa shape index (κ3) is 14.4. The van der Waals surface area contributed by atoms with Crippen molar-refractivity contribution in [1.82, 2.24) is 0 Å². The largest absolute Gasteiger partial charge is 0.400 e. The lowest BCUT2D eigenvalue weighted by molar-refractivity contribution is 0.276. The van der Waals surface area contributed by atoms with Gasteiger partial charge in [0.1, 0.15) is 0 Å². The molecule has 0 aliphatic heterocycles. The Labute approximate surface area is 81.6 Å². The molecule has 0 aliphatic carbocycles. The van der Waals surface area contributed by atoms with Crippen LogP contribution in [0.15, 0.2) is 0 Å². The van der Waals surface area contributed by atoms with Gasteiger partial charge in [0, 0.05) is 14.2 Å². The molecule has 0 aromatic carbocycles. The monoisotopic (exact) mass is 205 g/mol. The van der Waals surface area contributed by atoms with E-state index in [-0.39, 0.29) is 0 Å². The number of unbranched alkanes of at least 4 members (excludes halogenated alkanes) is 2. The first kappa shape index (κ1) is 15.0. The zero-order chi connectivity index (χ0) is 10.5. The second kappa shape index (κ2) is 14.1. The second-order valence-corrected chi connectivity index (χ2v) is 4.88. The maximum Gasteiger partial charge on any atom is 0.320 e. The van der Waals surface area contributed by atoms with Crippen LogP contribution in [0.3, 0.4) is 0 Å². The van der Waals surface area contributed by atoms with Crippen molar-refractivity contribution in [3.63, 3.8) is 0 Å². The summed E-state index contributed by atoms with van der Waals surface area (Å²) < 4.78 is 10.3. The van der Waals surface area contributed by atoms with Crippen molar-refractivity contribution >= 4 is 15.4 Å². The molecule has 0 amide bonds. The van der Waals surface area contributed by atoms with Crippen molar-refractivity contribution in [1.29, 1.82) is 5.41 Å². The molecule has 0 atom stereocenters. The lowest BCUT2D eigenvalue weighted by atomic mass is 10.3. The molecule has 1 N–H and O–H groups in total. The molecular formula is C8H19NO3Si. The van der Waals surface area contributed by atoms with E-state index in [1.807, 2.05) is 0 Å². The van der Waals surface area contributed by atoms with Gasteiger partial charge in [0.2, 0.25) is 6.08 Å². The van der Waals surface area contributed by atoms with Gasteiger partial charge in [0.15, 0.2) is 0 Å². The van der Waals surface area contributed by atoms with Crippen LogP contribution in [0, 0.1) is 5.41 Å². The molecule has 0 bridgehead atoms. The summed E-state index contributed by atoms with van der Waals surface area (Å²) in [6.45, 7) is 2.20. The summed E-state index contributed by atoms with van der Waals surface area (Å²) >= 11 is 0. The highest BCUT2D eigenvalue weighted by atomic mass is 28.3. The number of hydrogen-bond donors (Lipinski definition) is 1. The van der Waals surface area contributed by atoms with E-state index in [0.29, 0.717) is 0 Å². The molecule has 0 radical (unpaired) electrons. The van der Waals surface area contributed by atoms with E-state index in [4.69, 9.17) is 19.1 Å². The predicted molar refractivity (Wildman–Crippen MR) is 53.9 cm³/mol. The molecule has 0 rings (SSSR count). The number of hydrogen-bond acceptors (Lipinski definition) is 4. The average molecular weight is 205 g/mol. The van der Waals surface area contributed by atoms with Crippen LogP contribution in [0.2, 0.25) is 6.04 Å². The first-order valence-corrected chi connectivity index (χ1v) is 6.12. The molecule has 0 spiro atoms. The summed E-state index contributed by atoms with van der Waals surface area (Å²) in [5, 5.41) is 5.40. The minimum Gasteiger partial charge on any atom is -0.400 e. The van der Waals surface area contributed by atoms with E-state index in [9.17, 15) is 0 Å². The summed E-state index contributed by atoms with van der Waals surface area (Å²) in [4.78, 5) is 8.35. The Balaban J connectivity index is 0. The van der Waals surface area contributed by atoms with Crippen molar-refractivity contribution in [2.75, 3.05) is 14.2 Å². The zero-order valence-corrected chi connectivity index (χ0v) is 9.79. The van der Waals surface area contributed by atoms with E-state index >= 15 is 0 Å². The van der Waals surface area contributed by atoms with Gasteiger partial charge >= 0.3 is 9.28 Å². The minimum absolute atomic E-state index is 0.750. The Morgan fingerprint density at radius 3 is 2.08 bits per heavy atom. The molecule has 0 heterocycles. The fraction of sp³-hybridized carbons (Fsp3) is 0.875. The molecule has 0 unspecified atom stereocenters. The van der Waals surface area contributed by atoms with Crippen LogP contribution >= 0.6 is 0 Å². The molecule has 0 saturated carbocycles. The predicted octanol–water partition coefficient (Wildman–Crippen LogP) is 1.59. The molecule has 0 aromatic heterocycles. The van der Waals surface area contributed by atoms with Crippen molar-refractivity contribution in [3.8, 4) is 0 Å². The Bertz CT molecular complexity index is 123. The van der Waals surface area contributed by atoms with Crippen molar-refractivity contribution in [2.24, 2.45) is 0 Å². The Kier molecular flexibility index (Phi) is 16.2. The normalized spacial score (nSPS) is 8.92. The summed E-state index contributed by atoms with van der Waals surface area (Å²) in [7, 11) is 2.26. The molecule has 0 aliphatic rings. The molecule has 4 nitrogen and oxygen atoms in total. The Hall–Kier alpha value is -0.483. The second-order valence-electron chi connectivity index (χ2n) is 2.50. The van der Waals surface area contributed by atoms with Crippen LogP contribution in [0.5, 0.6) is 0 Å². The average Bonchev–Trinajstić information content (AvgIpc) is 2.14. The third-order valence-corrected chi connectivity index (χ3v) is 3.50. The van der Waals surface area contributed by atoms with Gasteiger partial charge in [0.25, 0.3) is 0 Å². The SMILES string of the molecule is CCCCC[SiH](OC)OC.N=C=O. The number of isocyanates is 1. The molecule has 78 valence electrons. The first-order chi connectivity index (χ1) is 6.26. The molecule has 0 saturated heterocycles. The quantitative estimate of drug-likeness (QED) is 0.310. The fourth-order valence-corrected chi connectivity index (χ4v) is 2.18. The van der Waals surface area contributed by atoms with Crippen LogP contribution in [0.25, 0.3) is 0 Å². The van der Waals surface area contributed by atoms with Crippen molar-refractivity contribution in [3.05, 3.63) is 0 Å². The van der Waals surface area contributed by atoms with Crippen LogP contribution in [-0.4, -0.2) is 29.6 Å². The van der Waals surface area contributed by atoms with Crippen LogP contribution in [-0.2, 0) is 13.6 Å². The lowest BCUT2D eigenvalue weighted by Crippen LogP contribution is -2.18. The Morgan fingerprint density at radius 2 is 1.77 bits per heavy atom. The Morgan fingerprint density at radius 1 is 1.31 bits per heavy atom. The summed E-state index contributed by atoms with van der Waals surface area (Å²) in [5.41, 5.74) is 0. The molecule has 13 heavy (non-hydrogen) atoms. The number of rotatable bonds is 6. The van der Waals surface area contributed by atoms with E-state index in [1.54, 1.807) is 14.2 Å². The third-order valence-electron chi connectivity index (χ3n) is 1.57.